The van der Waals surface area contributed by atoms with Crippen molar-refractivity contribution in [2.75, 3.05) is 18.0 Å². The van der Waals surface area contributed by atoms with Gasteiger partial charge in [-0.1, -0.05) is 13.0 Å². The molecule has 0 radical (unpaired) electrons. The molecule has 0 spiro atoms. The second-order valence-corrected chi connectivity index (χ2v) is 5.31. The van der Waals surface area contributed by atoms with Gasteiger partial charge in [-0.3, -0.25) is 0 Å². The van der Waals surface area contributed by atoms with E-state index in [1.54, 1.807) is 13.0 Å². The number of hydrogen-bond acceptors (Lipinski definition) is 3. The van der Waals surface area contributed by atoms with Crippen LogP contribution in [-0.2, 0) is 0 Å². The molecule has 1 aliphatic rings. The van der Waals surface area contributed by atoms with E-state index in [1.165, 1.54) is 12.8 Å². The molecule has 1 unspecified atom stereocenters. The molecule has 0 heterocycles. The number of nitrogens with zero attached hydrogens (tertiary/aromatic N) is 1. The van der Waals surface area contributed by atoms with Crippen molar-refractivity contribution in [3.63, 3.8) is 0 Å². The highest BCUT2D eigenvalue weighted by molar-refractivity contribution is 5.54. The maximum Gasteiger partial charge on any atom is 0.123 e. The number of phenolic OH excluding ortho intramolecular Hbond substituents is 1. The molecule has 0 aromatic heterocycles. The zero-order chi connectivity index (χ0) is 13.1. The van der Waals surface area contributed by atoms with E-state index in [1.807, 2.05) is 12.1 Å². The number of rotatable bonds is 6. The van der Waals surface area contributed by atoms with Crippen LogP contribution in [-0.4, -0.2) is 23.3 Å². The van der Waals surface area contributed by atoms with E-state index in [9.17, 15) is 10.2 Å². The molecule has 0 bridgehead atoms. The van der Waals surface area contributed by atoms with Crippen molar-refractivity contribution >= 4 is 5.69 Å². The van der Waals surface area contributed by atoms with E-state index >= 15 is 0 Å². The normalized spacial score (nSPS) is 16.6. The van der Waals surface area contributed by atoms with Gasteiger partial charge in [-0.2, -0.15) is 0 Å². The SMILES string of the molecule is CCCN(CC1CC1)c1ccc(C(C)O)c(O)c1. The van der Waals surface area contributed by atoms with Gasteiger partial charge in [0, 0.05) is 30.4 Å². The molecule has 1 atom stereocenters. The van der Waals surface area contributed by atoms with Crippen LogP contribution in [0.2, 0.25) is 0 Å². The predicted molar refractivity (Wildman–Crippen MR) is 74.0 cm³/mol. The number of aromatic hydroxyl groups is 1. The molecule has 0 saturated heterocycles. The lowest BCUT2D eigenvalue weighted by Gasteiger charge is -2.25. The third-order valence-electron chi connectivity index (χ3n) is 3.50. The zero-order valence-corrected chi connectivity index (χ0v) is 11.3. The lowest BCUT2D eigenvalue weighted by molar-refractivity contribution is 0.195. The number of hydrogen-bond donors (Lipinski definition) is 2. The summed E-state index contributed by atoms with van der Waals surface area (Å²) in [7, 11) is 0. The summed E-state index contributed by atoms with van der Waals surface area (Å²) in [6.07, 6.45) is 3.14. The summed E-state index contributed by atoms with van der Waals surface area (Å²) < 4.78 is 0. The predicted octanol–water partition coefficient (Wildman–Crippen LogP) is 3.07. The van der Waals surface area contributed by atoms with Crippen molar-refractivity contribution in [3.8, 4) is 5.75 Å². The van der Waals surface area contributed by atoms with Crippen LogP contribution in [0, 0.1) is 5.92 Å². The maximum absolute atomic E-state index is 9.94. The van der Waals surface area contributed by atoms with Gasteiger partial charge >= 0.3 is 0 Å². The smallest absolute Gasteiger partial charge is 0.123 e. The van der Waals surface area contributed by atoms with Crippen molar-refractivity contribution in [3.05, 3.63) is 23.8 Å². The average molecular weight is 249 g/mol. The van der Waals surface area contributed by atoms with Gasteiger partial charge in [0.15, 0.2) is 0 Å². The van der Waals surface area contributed by atoms with Crippen LogP contribution >= 0.6 is 0 Å². The number of benzene rings is 1. The van der Waals surface area contributed by atoms with Crippen LogP contribution in [0.4, 0.5) is 5.69 Å². The van der Waals surface area contributed by atoms with Gasteiger partial charge in [-0.15, -0.1) is 0 Å². The monoisotopic (exact) mass is 249 g/mol. The molecule has 1 aromatic rings. The highest BCUT2D eigenvalue weighted by Gasteiger charge is 2.24. The lowest BCUT2D eigenvalue weighted by atomic mass is 10.1. The van der Waals surface area contributed by atoms with Gasteiger partial charge in [0.1, 0.15) is 5.75 Å². The van der Waals surface area contributed by atoms with Crippen molar-refractivity contribution < 1.29 is 10.2 Å². The number of phenols is 1. The fraction of sp³-hybridized carbons (Fsp3) is 0.600. The molecule has 100 valence electrons. The molecule has 2 N–H and O–H groups in total. The minimum absolute atomic E-state index is 0.194. The van der Waals surface area contributed by atoms with Gasteiger partial charge in [0.25, 0.3) is 0 Å². The van der Waals surface area contributed by atoms with Gasteiger partial charge in [0.05, 0.1) is 6.10 Å². The first-order valence-corrected chi connectivity index (χ1v) is 6.87. The lowest BCUT2D eigenvalue weighted by Crippen LogP contribution is -2.26. The van der Waals surface area contributed by atoms with Gasteiger partial charge in [-0.05, 0) is 38.2 Å². The van der Waals surface area contributed by atoms with Gasteiger partial charge in [-0.25, -0.2) is 0 Å². The second-order valence-electron chi connectivity index (χ2n) is 5.31. The summed E-state index contributed by atoms with van der Waals surface area (Å²) in [5, 5.41) is 19.5. The molecule has 2 rings (SSSR count). The Balaban J connectivity index is 2.15. The van der Waals surface area contributed by atoms with Gasteiger partial charge < -0.3 is 15.1 Å². The topological polar surface area (TPSA) is 43.7 Å². The molecule has 1 aliphatic carbocycles. The molecule has 0 aliphatic heterocycles. The van der Waals surface area contributed by atoms with Crippen molar-refractivity contribution in [1.29, 1.82) is 0 Å². The number of anilines is 1. The highest BCUT2D eigenvalue weighted by Crippen LogP contribution is 2.34. The van der Waals surface area contributed by atoms with E-state index in [-0.39, 0.29) is 5.75 Å². The first-order chi connectivity index (χ1) is 8.61. The Kier molecular flexibility index (Phi) is 4.12. The highest BCUT2D eigenvalue weighted by atomic mass is 16.3. The summed E-state index contributed by atoms with van der Waals surface area (Å²) in [5.74, 6) is 1.02. The van der Waals surface area contributed by atoms with Crippen LogP contribution in [0.1, 0.15) is 44.8 Å². The van der Waals surface area contributed by atoms with E-state index in [4.69, 9.17) is 0 Å². The van der Waals surface area contributed by atoms with Gasteiger partial charge in [0.2, 0.25) is 0 Å². The Bertz CT molecular complexity index is 399. The van der Waals surface area contributed by atoms with Crippen molar-refractivity contribution in [1.82, 2.24) is 0 Å². The van der Waals surface area contributed by atoms with Crippen molar-refractivity contribution in [2.45, 2.75) is 39.2 Å². The van der Waals surface area contributed by atoms with E-state index in [0.29, 0.717) is 5.56 Å². The maximum atomic E-state index is 9.94. The Morgan fingerprint density at radius 3 is 2.61 bits per heavy atom. The van der Waals surface area contributed by atoms with Crippen LogP contribution in [0.15, 0.2) is 18.2 Å². The molecule has 3 nitrogen and oxygen atoms in total. The molecule has 0 amide bonds. The van der Waals surface area contributed by atoms with Crippen LogP contribution in [0.5, 0.6) is 5.75 Å². The average Bonchev–Trinajstić information content (AvgIpc) is 3.11. The van der Waals surface area contributed by atoms with E-state index in [2.05, 4.69) is 11.8 Å². The minimum atomic E-state index is -0.623. The Hall–Kier alpha value is -1.22. The first kappa shape index (κ1) is 13.2. The van der Waals surface area contributed by atoms with E-state index < -0.39 is 6.10 Å². The summed E-state index contributed by atoms with van der Waals surface area (Å²) in [4.78, 5) is 2.34. The summed E-state index contributed by atoms with van der Waals surface area (Å²) in [5.41, 5.74) is 1.66. The fourth-order valence-corrected chi connectivity index (χ4v) is 2.29. The Morgan fingerprint density at radius 2 is 2.11 bits per heavy atom. The summed E-state index contributed by atoms with van der Waals surface area (Å²) in [6.45, 7) is 5.94. The molecule has 1 saturated carbocycles. The fourth-order valence-electron chi connectivity index (χ4n) is 2.29. The number of aliphatic hydroxyl groups is 1. The molecule has 1 aromatic carbocycles. The van der Waals surface area contributed by atoms with Crippen LogP contribution in [0.3, 0.4) is 0 Å². The standard InChI is InChI=1S/C15H23NO2/c1-3-8-16(10-12-4-5-12)13-6-7-14(11(2)17)15(18)9-13/h6-7,9,11-12,17-18H,3-5,8,10H2,1-2H3. The Morgan fingerprint density at radius 1 is 1.39 bits per heavy atom. The van der Waals surface area contributed by atoms with Crippen LogP contribution < -0.4 is 4.90 Å². The van der Waals surface area contributed by atoms with Crippen LogP contribution in [0.25, 0.3) is 0 Å². The Labute approximate surface area is 109 Å². The minimum Gasteiger partial charge on any atom is -0.507 e. The summed E-state index contributed by atoms with van der Waals surface area (Å²) in [6, 6.07) is 5.60. The largest absolute Gasteiger partial charge is 0.507 e. The third kappa shape index (κ3) is 3.16. The van der Waals surface area contributed by atoms with Crippen molar-refractivity contribution in [2.24, 2.45) is 5.92 Å². The summed E-state index contributed by atoms with van der Waals surface area (Å²) >= 11 is 0. The first-order valence-electron chi connectivity index (χ1n) is 6.87. The third-order valence-corrected chi connectivity index (χ3v) is 3.50. The molecular weight excluding hydrogens is 226 g/mol. The quantitative estimate of drug-likeness (QED) is 0.814. The molecular formula is C15H23NO2. The van der Waals surface area contributed by atoms with E-state index in [0.717, 1.165) is 31.1 Å². The molecule has 18 heavy (non-hydrogen) atoms. The molecule has 1 fully saturated rings. The second kappa shape index (κ2) is 5.61. The number of aliphatic hydroxyl groups excluding tert-OH is 1. The zero-order valence-electron chi connectivity index (χ0n) is 11.3. The molecule has 3 heteroatoms.